The maximum atomic E-state index is 11.7. The highest BCUT2D eigenvalue weighted by Crippen LogP contribution is 2.35. The number of hydroxylamine groups is 1. The van der Waals surface area contributed by atoms with Crippen LogP contribution in [0.15, 0.2) is 0 Å². The normalized spacial score (nSPS) is 29.1. The van der Waals surface area contributed by atoms with E-state index in [1.165, 1.54) is 5.48 Å². The molecule has 16 heavy (non-hydrogen) atoms. The summed E-state index contributed by atoms with van der Waals surface area (Å²) >= 11 is 0. The van der Waals surface area contributed by atoms with Gasteiger partial charge in [-0.25, -0.2) is 5.48 Å². The molecule has 2 rings (SSSR count). The van der Waals surface area contributed by atoms with Crippen LogP contribution in [0, 0.1) is 5.92 Å². The Balaban J connectivity index is 2.06. The molecule has 0 aromatic heterocycles. The number of carbonyl (C=O) groups excluding carboxylic acids is 2. The molecule has 1 saturated heterocycles. The van der Waals surface area contributed by atoms with Crippen LogP contribution in [0.25, 0.3) is 0 Å². The number of hydrogen-bond acceptors (Lipinski definition) is 5. The average molecular weight is 229 g/mol. The fourth-order valence-electron chi connectivity index (χ4n) is 2.28. The Morgan fingerprint density at radius 1 is 1.38 bits per heavy atom. The molecule has 0 radical (unpaired) electrons. The van der Waals surface area contributed by atoms with Gasteiger partial charge in [0, 0.05) is 19.3 Å². The van der Waals surface area contributed by atoms with E-state index in [2.05, 4.69) is 0 Å². The van der Waals surface area contributed by atoms with Crippen molar-refractivity contribution in [2.45, 2.75) is 31.5 Å². The maximum absolute atomic E-state index is 11.7. The summed E-state index contributed by atoms with van der Waals surface area (Å²) < 4.78 is 11.0. The first kappa shape index (κ1) is 11.5. The predicted octanol–water partition coefficient (Wildman–Crippen LogP) is -0.00580. The van der Waals surface area contributed by atoms with Gasteiger partial charge in [0.05, 0.1) is 19.1 Å². The number of rotatable bonds is 1. The van der Waals surface area contributed by atoms with Crippen LogP contribution in [0.2, 0.25) is 0 Å². The first-order valence-corrected chi connectivity index (χ1v) is 5.41. The van der Waals surface area contributed by atoms with E-state index < -0.39 is 17.6 Å². The molecular formula is C10H15NO5. The molecule has 1 amide bonds. The topological polar surface area (TPSA) is 84.9 Å². The molecule has 6 heteroatoms. The summed E-state index contributed by atoms with van der Waals surface area (Å²) in [6, 6.07) is 0. The lowest BCUT2D eigenvalue weighted by Gasteiger charge is -2.25. The minimum absolute atomic E-state index is 0.164. The first-order valence-electron chi connectivity index (χ1n) is 5.41. The summed E-state index contributed by atoms with van der Waals surface area (Å²) in [6.07, 6.45) is 1.60. The van der Waals surface area contributed by atoms with Crippen LogP contribution in [0.1, 0.15) is 25.7 Å². The predicted molar refractivity (Wildman–Crippen MR) is 51.5 cm³/mol. The second-order valence-corrected chi connectivity index (χ2v) is 4.14. The molecule has 2 N–H and O–H groups in total. The van der Waals surface area contributed by atoms with Gasteiger partial charge < -0.3 is 9.47 Å². The Morgan fingerprint density at radius 2 is 2.06 bits per heavy atom. The van der Waals surface area contributed by atoms with E-state index in [1.807, 2.05) is 0 Å². The molecule has 1 aliphatic carbocycles. The monoisotopic (exact) mass is 229 g/mol. The first-order chi connectivity index (χ1) is 7.67. The van der Waals surface area contributed by atoms with Crippen LogP contribution in [0.4, 0.5) is 0 Å². The minimum atomic E-state index is -0.780. The largest absolute Gasteiger partial charge is 0.348 e. The average Bonchev–Trinajstić information content (AvgIpc) is 2.68. The van der Waals surface area contributed by atoms with Gasteiger partial charge in [-0.2, -0.15) is 0 Å². The van der Waals surface area contributed by atoms with E-state index in [0.29, 0.717) is 32.5 Å². The number of nitrogens with one attached hydrogen (secondary N) is 1. The Labute approximate surface area is 92.9 Å². The summed E-state index contributed by atoms with van der Waals surface area (Å²) in [5, 5.41) is 8.54. The highest BCUT2D eigenvalue weighted by Gasteiger charge is 2.42. The number of Topliss-reactive ketones (excluding diaryl/α,β-unsaturated/α-hetero) is 1. The third kappa shape index (κ3) is 2.09. The molecule has 1 saturated carbocycles. The number of carbonyl (C=O) groups is 2. The Hall–Kier alpha value is -0.980. The summed E-state index contributed by atoms with van der Waals surface area (Å²) in [5.41, 5.74) is 1.53. The van der Waals surface area contributed by atoms with Gasteiger partial charge in [0.1, 0.15) is 5.78 Å². The lowest BCUT2D eigenvalue weighted by molar-refractivity contribution is -0.166. The van der Waals surface area contributed by atoms with Crippen LogP contribution in [0.5, 0.6) is 0 Å². The van der Waals surface area contributed by atoms with Gasteiger partial charge in [0.25, 0.3) is 5.91 Å². The molecule has 1 unspecified atom stereocenters. The zero-order valence-corrected chi connectivity index (χ0v) is 8.90. The smallest absolute Gasteiger partial charge is 0.253 e. The lowest BCUT2D eigenvalue weighted by Crippen LogP contribution is -2.33. The van der Waals surface area contributed by atoms with Crippen molar-refractivity contribution in [2.75, 3.05) is 13.2 Å². The molecule has 0 aromatic rings. The molecule has 1 aliphatic heterocycles. The Morgan fingerprint density at radius 3 is 2.69 bits per heavy atom. The molecule has 1 atom stereocenters. The van der Waals surface area contributed by atoms with Crippen molar-refractivity contribution in [3.63, 3.8) is 0 Å². The molecule has 90 valence electrons. The minimum Gasteiger partial charge on any atom is -0.348 e. The van der Waals surface area contributed by atoms with Crippen molar-refractivity contribution in [3.8, 4) is 0 Å². The quantitative estimate of drug-likeness (QED) is 0.375. The number of ether oxygens (including phenoxy) is 2. The van der Waals surface area contributed by atoms with E-state index in [-0.39, 0.29) is 12.2 Å². The Bertz CT molecular complexity index is 298. The van der Waals surface area contributed by atoms with Crippen LogP contribution < -0.4 is 5.48 Å². The highest BCUT2D eigenvalue weighted by molar-refractivity contribution is 6.01. The van der Waals surface area contributed by atoms with E-state index in [0.717, 1.165) is 0 Å². The van der Waals surface area contributed by atoms with Gasteiger partial charge >= 0.3 is 0 Å². The van der Waals surface area contributed by atoms with E-state index in [1.54, 1.807) is 0 Å². The lowest BCUT2D eigenvalue weighted by atomic mass is 9.98. The van der Waals surface area contributed by atoms with Crippen LogP contribution in [-0.2, 0) is 19.1 Å². The zero-order chi connectivity index (χ0) is 11.6. The fraction of sp³-hybridized carbons (Fsp3) is 0.800. The van der Waals surface area contributed by atoms with Gasteiger partial charge in [-0.05, 0) is 6.42 Å². The fourth-order valence-corrected chi connectivity index (χ4v) is 2.28. The Kier molecular flexibility index (Phi) is 3.22. The second kappa shape index (κ2) is 4.48. The van der Waals surface area contributed by atoms with Gasteiger partial charge in [-0.15, -0.1) is 0 Å². The summed E-state index contributed by atoms with van der Waals surface area (Å²) in [7, 11) is 0. The molecule has 1 spiro atoms. The van der Waals surface area contributed by atoms with E-state index >= 15 is 0 Å². The van der Waals surface area contributed by atoms with Crippen molar-refractivity contribution in [1.29, 1.82) is 0 Å². The van der Waals surface area contributed by atoms with Gasteiger partial charge in [0.15, 0.2) is 5.79 Å². The third-order valence-corrected chi connectivity index (χ3v) is 3.20. The van der Waals surface area contributed by atoms with E-state index in [4.69, 9.17) is 14.7 Å². The molecule has 1 heterocycles. The molecular weight excluding hydrogens is 214 g/mol. The SMILES string of the molecule is O=C1CCC2(CCC1C(=O)NO)OCCO2. The second-order valence-electron chi connectivity index (χ2n) is 4.14. The van der Waals surface area contributed by atoms with Crippen molar-refractivity contribution >= 4 is 11.7 Å². The summed E-state index contributed by atoms with van der Waals surface area (Å²) in [5.74, 6) is -2.26. The molecule has 0 bridgehead atoms. The number of ketones is 1. The van der Waals surface area contributed by atoms with Gasteiger partial charge in [-0.3, -0.25) is 14.8 Å². The van der Waals surface area contributed by atoms with E-state index in [9.17, 15) is 9.59 Å². The van der Waals surface area contributed by atoms with Crippen LogP contribution in [-0.4, -0.2) is 35.9 Å². The van der Waals surface area contributed by atoms with Gasteiger partial charge in [0.2, 0.25) is 0 Å². The zero-order valence-electron chi connectivity index (χ0n) is 8.90. The molecule has 2 aliphatic rings. The van der Waals surface area contributed by atoms with Crippen LogP contribution >= 0.6 is 0 Å². The van der Waals surface area contributed by atoms with Crippen molar-refractivity contribution in [1.82, 2.24) is 5.48 Å². The van der Waals surface area contributed by atoms with Crippen molar-refractivity contribution < 1.29 is 24.3 Å². The summed E-state index contributed by atoms with van der Waals surface area (Å²) in [6.45, 7) is 1.07. The highest BCUT2D eigenvalue weighted by atomic mass is 16.7. The molecule has 0 aromatic carbocycles. The number of hydrogen-bond donors (Lipinski definition) is 2. The molecule has 6 nitrogen and oxygen atoms in total. The molecule has 2 fully saturated rings. The number of amides is 1. The van der Waals surface area contributed by atoms with Crippen molar-refractivity contribution in [3.05, 3.63) is 0 Å². The maximum Gasteiger partial charge on any atom is 0.253 e. The third-order valence-electron chi connectivity index (χ3n) is 3.20. The van der Waals surface area contributed by atoms with Crippen molar-refractivity contribution in [2.24, 2.45) is 5.92 Å². The standard InChI is InChI=1S/C10H15NO5/c12-8-2-4-10(15-5-6-16-10)3-1-7(8)9(13)11-14/h7,14H,1-6H2,(H,11,13). The van der Waals surface area contributed by atoms with Crippen LogP contribution in [0.3, 0.4) is 0 Å². The van der Waals surface area contributed by atoms with Gasteiger partial charge in [-0.1, -0.05) is 0 Å². The summed E-state index contributed by atoms with van der Waals surface area (Å²) in [4.78, 5) is 22.9.